The van der Waals surface area contributed by atoms with Crippen LogP contribution >= 0.6 is 0 Å². The van der Waals surface area contributed by atoms with Crippen molar-refractivity contribution < 1.29 is 9.59 Å². The Kier molecular flexibility index (Phi) is 4.63. The molecule has 0 bridgehead atoms. The largest absolute Gasteiger partial charge is 0.355 e. The zero-order chi connectivity index (χ0) is 18.8. The van der Waals surface area contributed by atoms with Crippen LogP contribution in [-0.4, -0.2) is 24.4 Å². The summed E-state index contributed by atoms with van der Waals surface area (Å²) in [5.41, 5.74) is 2.87. The van der Waals surface area contributed by atoms with Gasteiger partial charge in [-0.05, 0) is 34.9 Å². The number of fused-ring (bicyclic) bond motifs is 2. The minimum absolute atomic E-state index is 0.0486. The van der Waals surface area contributed by atoms with Gasteiger partial charge in [0.05, 0.1) is 6.42 Å². The van der Waals surface area contributed by atoms with E-state index in [1.54, 1.807) is 4.90 Å². The summed E-state index contributed by atoms with van der Waals surface area (Å²) in [4.78, 5) is 27.6. The highest BCUT2D eigenvalue weighted by molar-refractivity contribution is 6.05. The Bertz CT molecular complexity index is 1010. The van der Waals surface area contributed by atoms with Gasteiger partial charge in [-0.15, -0.1) is 0 Å². The molecule has 1 heterocycles. The third-order valence-corrected chi connectivity index (χ3v) is 5.12. The first-order chi connectivity index (χ1) is 13.2. The highest BCUT2D eigenvalue weighted by Crippen LogP contribution is 2.33. The number of hydrogen-bond donors (Lipinski definition) is 1. The third kappa shape index (κ3) is 3.19. The van der Waals surface area contributed by atoms with E-state index in [1.165, 1.54) is 0 Å². The zero-order valence-electron chi connectivity index (χ0n) is 15.3. The summed E-state index contributed by atoms with van der Waals surface area (Å²) in [5, 5.41) is 5.06. The van der Waals surface area contributed by atoms with Crippen LogP contribution in [0.2, 0.25) is 0 Å². The van der Waals surface area contributed by atoms with E-state index in [0.29, 0.717) is 13.0 Å². The second-order valence-corrected chi connectivity index (χ2v) is 6.82. The molecule has 0 aromatic heterocycles. The number of rotatable bonds is 4. The molecule has 0 spiro atoms. The molecule has 27 heavy (non-hydrogen) atoms. The van der Waals surface area contributed by atoms with Crippen molar-refractivity contribution >= 4 is 28.3 Å². The van der Waals surface area contributed by atoms with Crippen molar-refractivity contribution in [1.82, 2.24) is 5.32 Å². The summed E-state index contributed by atoms with van der Waals surface area (Å²) in [6.07, 6.45) is 0.828. The van der Waals surface area contributed by atoms with Gasteiger partial charge in [-0.1, -0.05) is 60.7 Å². The fraction of sp³-hybridized carbons (Fsp3) is 0.217. The fourth-order valence-electron chi connectivity index (χ4n) is 3.89. The topological polar surface area (TPSA) is 49.4 Å². The number of hydrogen-bond acceptors (Lipinski definition) is 2. The van der Waals surface area contributed by atoms with Gasteiger partial charge < -0.3 is 5.32 Å². The standard InChI is InChI=1S/C23H22N2O2/c1-2-24-23(27)21-14-18-9-4-6-13-20(18)25(21)22(26)15-17-11-7-10-16-8-3-5-12-19(16)17/h3-13,21H,2,14-15H2,1H3,(H,24,27)/t21-/m0/s1. The molecule has 4 heteroatoms. The van der Waals surface area contributed by atoms with Crippen molar-refractivity contribution in [2.75, 3.05) is 11.4 Å². The van der Waals surface area contributed by atoms with Crippen molar-refractivity contribution in [1.29, 1.82) is 0 Å². The highest BCUT2D eigenvalue weighted by Gasteiger charge is 2.37. The minimum Gasteiger partial charge on any atom is -0.355 e. The number of nitrogens with zero attached hydrogens (tertiary/aromatic N) is 1. The number of carbonyl (C=O) groups excluding carboxylic acids is 2. The average molecular weight is 358 g/mol. The monoisotopic (exact) mass is 358 g/mol. The molecule has 3 aromatic rings. The van der Waals surface area contributed by atoms with Crippen LogP contribution in [0.5, 0.6) is 0 Å². The van der Waals surface area contributed by atoms with Gasteiger partial charge in [-0.25, -0.2) is 0 Å². The maximum Gasteiger partial charge on any atom is 0.243 e. The molecular formula is C23H22N2O2. The van der Waals surface area contributed by atoms with Crippen molar-refractivity contribution in [3.63, 3.8) is 0 Å². The molecule has 0 saturated heterocycles. The molecule has 3 aromatic carbocycles. The number of likely N-dealkylation sites (N-methyl/N-ethyl adjacent to an activating group) is 1. The first-order valence-corrected chi connectivity index (χ1v) is 9.33. The van der Waals surface area contributed by atoms with Gasteiger partial charge in [0.15, 0.2) is 0 Å². The van der Waals surface area contributed by atoms with Gasteiger partial charge in [-0.2, -0.15) is 0 Å². The summed E-state index contributed by atoms with van der Waals surface area (Å²) in [7, 11) is 0. The number of benzene rings is 3. The minimum atomic E-state index is -0.482. The van der Waals surface area contributed by atoms with Gasteiger partial charge in [0.1, 0.15) is 6.04 Å². The van der Waals surface area contributed by atoms with E-state index < -0.39 is 6.04 Å². The van der Waals surface area contributed by atoms with E-state index in [-0.39, 0.29) is 18.2 Å². The number of amides is 2. The first-order valence-electron chi connectivity index (χ1n) is 9.33. The van der Waals surface area contributed by atoms with Gasteiger partial charge in [0.25, 0.3) is 0 Å². The van der Waals surface area contributed by atoms with Crippen molar-refractivity contribution in [3.05, 3.63) is 77.9 Å². The molecule has 4 nitrogen and oxygen atoms in total. The molecule has 1 aliphatic heterocycles. The Hall–Kier alpha value is -3.14. The van der Waals surface area contributed by atoms with E-state index in [2.05, 4.69) is 5.32 Å². The van der Waals surface area contributed by atoms with E-state index in [0.717, 1.165) is 27.6 Å². The third-order valence-electron chi connectivity index (χ3n) is 5.12. The fourth-order valence-corrected chi connectivity index (χ4v) is 3.89. The SMILES string of the molecule is CCNC(=O)[C@@H]1Cc2ccccc2N1C(=O)Cc1cccc2ccccc12. The Morgan fingerprint density at radius 1 is 1.00 bits per heavy atom. The zero-order valence-corrected chi connectivity index (χ0v) is 15.3. The molecular weight excluding hydrogens is 336 g/mol. The lowest BCUT2D eigenvalue weighted by atomic mass is 10.0. The van der Waals surface area contributed by atoms with Crippen LogP contribution in [0.1, 0.15) is 18.1 Å². The average Bonchev–Trinajstić information content (AvgIpc) is 3.08. The lowest BCUT2D eigenvalue weighted by Gasteiger charge is -2.25. The molecule has 1 aliphatic rings. The summed E-state index contributed by atoms with van der Waals surface area (Å²) in [6, 6.07) is 21.4. The summed E-state index contributed by atoms with van der Waals surface area (Å²) < 4.78 is 0. The lowest BCUT2D eigenvalue weighted by molar-refractivity contribution is -0.125. The number of carbonyl (C=O) groups is 2. The highest BCUT2D eigenvalue weighted by atomic mass is 16.2. The Labute approximate surface area is 158 Å². The predicted molar refractivity (Wildman–Crippen MR) is 108 cm³/mol. The van der Waals surface area contributed by atoms with Crippen LogP contribution in [0.15, 0.2) is 66.7 Å². The van der Waals surface area contributed by atoms with Crippen LogP contribution in [0.4, 0.5) is 5.69 Å². The Morgan fingerprint density at radius 3 is 2.59 bits per heavy atom. The summed E-state index contributed by atoms with van der Waals surface area (Å²) in [5.74, 6) is -0.146. The predicted octanol–water partition coefficient (Wildman–Crippen LogP) is 3.48. The summed E-state index contributed by atoms with van der Waals surface area (Å²) in [6.45, 7) is 2.44. The molecule has 136 valence electrons. The van der Waals surface area contributed by atoms with Crippen molar-refractivity contribution in [2.24, 2.45) is 0 Å². The lowest BCUT2D eigenvalue weighted by Crippen LogP contribution is -2.48. The van der Waals surface area contributed by atoms with Crippen molar-refractivity contribution in [2.45, 2.75) is 25.8 Å². The normalized spacial score (nSPS) is 15.6. The van der Waals surface area contributed by atoms with E-state index in [9.17, 15) is 9.59 Å². The van der Waals surface area contributed by atoms with Gasteiger partial charge >= 0.3 is 0 Å². The second-order valence-electron chi connectivity index (χ2n) is 6.82. The first kappa shape index (κ1) is 17.3. The Balaban J connectivity index is 1.68. The molecule has 0 aliphatic carbocycles. The maximum atomic E-state index is 13.3. The van der Waals surface area contributed by atoms with E-state index >= 15 is 0 Å². The molecule has 2 amide bonds. The second kappa shape index (κ2) is 7.23. The molecule has 0 fully saturated rings. The van der Waals surface area contributed by atoms with Crippen LogP contribution < -0.4 is 10.2 Å². The molecule has 1 atom stereocenters. The molecule has 0 radical (unpaired) electrons. The smallest absolute Gasteiger partial charge is 0.243 e. The number of anilines is 1. The summed E-state index contributed by atoms with van der Waals surface area (Å²) >= 11 is 0. The van der Waals surface area contributed by atoms with Crippen LogP contribution in [0.25, 0.3) is 10.8 Å². The molecule has 0 saturated carbocycles. The van der Waals surface area contributed by atoms with Gasteiger partial charge in [0, 0.05) is 18.7 Å². The maximum absolute atomic E-state index is 13.3. The Morgan fingerprint density at radius 2 is 1.74 bits per heavy atom. The van der Waals surface area contributed by atoms with Gasteiger partial charge in [0.2, 0.25) is 11.8 Å². The molecule has 0 unspecified atom stereocenters. The van der Waals surface area contributed by atoms with Crippen LogP contribution in [0, 0.1) is 0 Å². The molecule has 1 N–H and O–H groups in total. The van der Waals surface area contributed by atoms with Crippen molar-refractivity contribution in [3.8, 4) is 0 Å². The number of para-hydroxylation sites is 1. The van der Waals surface area contributed by atoms with Crippen LogP contribution in [-0.2, 0) is 22.4 Å². The van der Waals surface area contributed by atoms with E-state index in [4.69, 9.17) is 0 Å². The molecule has 4 rings (SSSR count). The number of nitrogens with one attached hydrogen (secondary N) is 1. The van der Waals surface area contributed by atoms with E-state index in [1.807, 2.05) is 73.7 Å². The quantitative estimate of drug-likeness (QED) is 0.776. The van der Waals surface area contributed by atoms with Gasteiger partial charge in [-0.3, -0.25) is 14.5 Å². The van der Waals surface area contributed by atoms with Crippen LogP contribution in [0.3, 0.4) is 0 Å².